The lowest BCUT2D eigenvalue weighted by molar-refractivity contribution is -0.124. The summed E-state index contributed by atoms with van der Waals surface area (Å²) in [6.07, 6.45) is 3.85. The summed E-state index contributed by atoms with van der Waals surface area (Å²) < 4.78 is 5.97. The third kappa shape index (κ3) is 2.65. The molecule has 2 fully saturated rings. The van der Waals surface area contributed by atoms with Crippen LogP contribution in [0.2, 0.25) is 0 Å². The lowest BCUT2D eigenvalue weighted by Gasteiger charge is -2.34. The maximum absolute atomic E-state index is 11.9. The summed E-state index contributed by atoms with van der Waals surface area (Å²) in [4.78, 5) is 18.6. The number of likely N-dealkylation sites (tertiary alicyclic amines) is 1. The first kappa shape index (κ1) is 14.5. The quantitative estimate of drug-likeness (QED) is 0.945. The summed E-state index contributed by atoms with van der Waals surface area (Å²) in [6.45, 7) is 4.48. The number of carbonyl (C=O) groups is 1. The van der Waals surface area contributed by atoms with Gasteiger partial charge in [-0.3, -0.25) is 9.69 Å². The van der Waals surface area contributed by atoms with E-state index in [-0.39, 0.29) is 17.9 Å². The minimum Gasteiger partial charge on any atom is -0.439 e. The Kier molecular flexibility index (Phi) is 3.65. The van der Waals surface area contributed by atoms with Gasteiger partial charge in [0.25, 0.3) is 0 Å². The molecule has 0 saturated carbocycles. The predicted molar refractivity (Wildman–Crippen MR) is 86.6 cm³/mol. The van der Waals surface area contributed by atoms with Crippen LogP contribution in [0.5, 0.6) is 0 Å². The highest BCUT2D eigenvalue weighted by Gasteiger charge is 2.40. The minimum atomic E-state index is 0.134. The van der Waals surface area contributed by atoms with E-state index in [1.165, 1.54) is 5.56 Å². The van der Waals surface area contributed by atoms with Crippen molar-refractivity contribution < 1.29 is 9.21 Å². The van der Waals surface area contributed by atoms with Gasteiger partial charge in [-0.1, -0.05) is 24.3 Å². The fourth-order valence-electron chi connectivity index (χ4n) is 3.77. The van der Waals surface area contributed by atoms with Crippen molar-refractivity contribution in [1.82, 2.24) is 15.2 Å². The zero-order valence-corrected chi connectivity index (χ0v) is 13.3. The minimum absolute atomic E-state index is 0.134. The topological polar surface area (TPSA) is 58.4 Å². The van der Waals surface area contributed by atoms with Crippen LogP contribution in [0.25, 0.3) is 11.3 Å². The molecule has 2 aliphatic heterocycles. The van der Waals surface area contributed by atoms with Crippen LogP contribution >= 0.6 is 0 Å². The number of rotatable bonds is 3. The highest BCUT2D eigenvalue weighted by molar-refractivity contribution is 5.82. The second-order valence-electron chi connectivity index (χ2n) is 6.46. The number of piperidine rings is 1. The Morgan fingerprint density at radius 1 is 1.39 bits per heavy atom. The fraction of sp³-hybridized carbons (Fsp3) is 0.444. The van der Waals surface area contributed by atoms with Gasteiger partial charge >= 0.3 is 0 Å². The number of oxazole rings is 1. The largest absolute Gasteiger partial charge is 0.439 e. The van der Waals surface area contributed by atoms with Crippen molar-refractivity contribution in [2.45, 2.75) is 32.4 Å². The second-order valence-corrected chi connectivity index (χ2v) is 6.46. The molecule has 1 N–H and O–H groups in total. The monoisotopic (exact) mass is 311 g/mol. The Labute approximate surface area is 135 Å². The van der Waals surface area contributed by atoms with Gasteiger partial charge in [-0.05, 0) is 31.9 Å². The van der Waals surface area contributed by atoms with Crippen molar-refractivity contribution >= 4 is 5.91 Å². The smallest absolute Gasteiger partial charge is 0.224 e. The summed E-state index contributed by atoms with van der Waals surface area (Å²) in [5.74, 6) is 1.87. The molecule has 2 aromatic rings. The van der Waals surface area contributed by atoms with Crippen LogP contribution in [0, 0.1) is 12.8 Å². The Morgan fingerprint density at radius 2 is 2.26 bits per heavy atom. The van der Waals surface area contributed by atoms with Gasteiger partial charge in [-0.15, -0.1) is 0 Å². The highest BCUT2D eigenvalue weighted by Crippen LogP contribution is 2.29. The molecule has 3 heterocycles. The zero-order chi connectivity index (χ0) is 15.8. The molecule has 5 heteroatoms. The number of amides is 1. The predicted octanol–water partition coefficient (Wildman–Crippen LogP) is 2.36. The van der Waals surface area contributed by atoms with E-state index in [9.17, 15) is 4.79 Å². The molecule has 0 unspecified atom stereocenters. The van der Waals surface area contributed by atoms with E-state index in [0.29, 0.717) is 6.54 Å². The molecule has 0 radical (unpaired) electrons. The molecule has 0 bridgehead atoms. The molecule has 0 aliphatic carbocycles. The van der Waals surface area contributed by atoms with Crippen molar-refractivity contribution in [3.8, 4) is 11.3 Å². The molecule has 0 spiro atoms. The maximum Gasteiger partial charge on any atom is 0.224 e. The third-order valence-electron chi connectivity index (χ3n) is 5.02. The van der Waals surface area contributed by atoms with Crippen LogP contribution in [-0.4, -0.2) is 34.9 Å². The zero-order valence-electron chi connectivity index (χ0n) is 13.3. The van der Waals surface area contributed by atoms with Gasteiger partial charge in [-0.2, -0.15) is 0 Å². The molecular formula is C18H21N3O2. The van der Waals surface area contributed by atoms with Gasteiger partial charge in [0, 0.05) is 18.2 Å². The molecule has 4 rings (SSSR count). The summed E-state index contributed by atoms with van der Waals surface area (Å²) in [7, 11) is 0. The van der Waals surface area contributed by atoms with Gasteiger partial charge < -0.3 is 9.73 Å². The standard InChI is InChI=1S/C18H21N3O2/c1-12-5-2-3-6-13(12)16-10-19-17(23-16)11-21-8-4-7-14-15(21)9-20-18(14)22/h2-3,5-6,10,14-15H,4,7-9,11H2,1H3,(H,20,22)/t14-,15-/m1/s1. The Bertz CT molecular complexity index is 725. The lowest BCUT2D eigenvalue weighted by atomic mass is 9.91. The number of benzene rings is 1. The van der Waals surface area contributed by atoms with Crippen molar-refractivity contribution in [2.24, 2.45) is 5.92 Å². The van der Waals surface area contributed by atoms with E-state index in [1.807, 2.05) is 12.1 Å². The highest BCUT2D eigenvalue weighted by atomic mass is 16.4. The number of aromatic nitrogens is 1. The summed E-state index contributed by atoms with van der Waals surface area (Å²) in [6, 6.07) is 8.44. The normalized spacial score (nSPS) is 24.5. The van der Waals surface area contributed by atoms with E-state index in [2.05, 4.69) is 34.3 Å². The van der Waals surface area contributed by atoms with Crippen LogP contribution in [0.4, 0.5) is 0 Å². The fourth-order valence-corrected chi connectivity index (χ4v) is 3.77. The van der Waals surface area contributed by atoms with Gasteiger partial charge in [-0.25, -0.2) is 4.98 Å². The molecule has 2 atom stereocenters. The Balaban J connectivity index is 1.52. The van der Waals surface area contributed by atoms with E-state index >= 15 is 0 Å². The van der Waals surface area contributed by atoms with Crippen molar-refractivity contribution in [3.05, 3.63) is 41.9 Å². The van der Waals surface area contributed by atoms with Crippen LogP contribution in [0.1, 0.15) is 24.3 Å². The van der Waals surface area contributed by atoms with Crippen molar-refractivity contribution in [2.75, 3.05) is 13.1 Å². The first-order valence-corrected chi connectivity index (χ1v) is 8.25. The maximum atomic E-state index is 11.9. The Hall–Kier alpha value is -2.14. The first-order valence-electron chi connectivity index (χ1n) is 8.25. The van der Waals surface area contributed by atoms with E-state index in [4.69, 9.17) is 4.42 Å². The molecular weight excluding hydrogens is 290 g/mol. The number of hydrogen-bond acceptors (Lipinski definition) is 4. The number of carbonyl (C=O) groups excluding carboxylic acids is 1. The first-order chi connectivity index (χ1) is 11.2. The average Bonchev–Trinajstić information content (AvgIpc) is 3.16. The van der Waals surface area contributed by atoms with Crippen molar-refractivity contribution in [3.63, 3.8) is 0 Å². The average molecular weight is 311 g/mol. The molecule has 120 valence electrons. The molecule has 23 heavy (non-hydrogen) atoms. The number of aryl methyl sites for hydroxylation is 1. The SMILES string of the molecule is Cc1ccccc1-c1cnc(CN2CCC[C@H]3C(=O)NC[C@H]32)o1. The van der Waals surface area contributed by atoms with Gasteiger partial charge in [0.05, 0.1) is 18.7 Å². The molecule has 5 nitrogen and oxygen atoms in total. The van der Waals surface area contributed by atoms with Crippen LogP contribution < -0.4 is 5.32 Å². The summed E-state index contributed by atoms with van der Waals surface area (Å²) >= 11 is 0. The van der Waals surface area contributed by atoms with Gasteiger partial charge in [0.1, 0.15) is 0 Å². The third-order valence-corrected chi connectivity index (χ3v) is 5.02. The molecule has 1 amide bonds. The van der Waals surface area contributed by atoms with E-state index < -0.39 is 0 Å². The number of nitrogens with one attached hydrogen (secondary N) is 1. The van der Waals surface area contributed by atoms with Crippen LogP contribution in [0.3, 0.4) is 0 Å². The Morgan fingerprint density at radius 3 is 3.13 bits per heavy atom. The number of nitrogens with zero attached hydrogens (tertiary/aromatic N) is 2. The van der Waals surface area contributed by atoms with Crippen LogP contribution in [0.15, 0.2) is 34.9 Å². The molecule has 2 aliphatic rings. The van der Waals surface area contributed by atoms with Gasteiger partial charge in [0.2, 0.25) is 11.8 Å². The number of fused-ring (bicyclic) bond motifs is 1. The van der Waals surface area contributed by atoms with E-state index in [1.54, 1.807) is 6.20 Å². The summed E-state index contributed by atoms with van der Waals surface area (Å²) in [5.41, 5.74) is 2.26. The van der Waals surface area contributed by atoms with E-state index in [0.717, 1.165) is 43.1 Å². The second kappa shape index (κ2) is 5.81. The van der Waals surface area contributed by atoms with Crippen molar-refractivity contribution in [1.29, 1.82) is 0 Å². The summed E-state index contributed by atoms with van der Waals surface area (Å²) in [5, 5.41) is 2.98. The molecule has 1 aromatic carbocycles. The molecule has 2 saturated heterocycles. The number of hydrogen-bond donors (Lipinski definition) is 1. The van der Waals surface area contributed by atoms with Crippen LogP contribution in [-0.2, 0) is 11.3 Å². The molecule has 1 aromatic heterocycles. The lowest BCUT2D eigenvalue weighted by Crippen LogP contribution is -2.44. The van der Waals surface area contributed by atoms with Gasteiger partial charge in [0.15, 0.2) is 5.76 Å².